The summed E-state index contributed by atoms with van der Waals surface area (Å²) in [6.07, 6.45) is 5.17. The molecule has 2 aliphatic rings. The number of nitrogens with one attached hydrogen (secondary N) is 2. The number of hydrogen-bond donors (Lipinski definition) is 4. The molecule has 3 atom stereocenters. The average molecular weight is 515 g/mol. The molecule has 2 aliphatic heterocycles. The summed E-state index contributed by atoms with van der Waals surface area (Å²) < 4.78 is 0. The molecule has 190 valence electrons. The van der Waals surface area contributed by atoms with Crippen molar-refractivity contribution < 1.29 is 14.4 Å². The van der Waals surface area contributed by atoms with Gasteiger partial charge in [0.15, 0.2) is 5.96 Å². The molecule has 2 saturated heterocycles. The van der Waals surface area contributed by atoms with Crippen molar-refractivity contribution in [1.82, 2.24) is 15.5 Å². The fraction of sp³-hybridized carbons (Fsp3) is 0.565. The predicted molar refractivity (Wildman–Crippen MR) is 137 cm³/mol. The number of nitrogens with two attached hydrogens (primary N) is 2. The van der Waals surface area contributed by atoms with Gasteiger partial charge in [-0.2, -0.15) is 0 Å². The van der Waals surface area contributed by atoms with Crippen molar-refractivity contribution >= 4 is 48.9 Å². The molecule has 0 saturated carbocycles. The Hall–Kier alpha value is -2.36. The summed E-state index contributed by atoms with van der Waals surface area (Å²) >= 11 is 0. The number of carbonyl (C=O) groups excluding carboxylic acids is 3. The molecule has 3 rings (SSSR count). The molecule has 0 radical (unpaired) electrons. The number of aldehydes is 1. The van der Waals surface area contributed by atoms with Gasteiger partial charge >= 0.3 is 0 Å². The van der Waals surface area contributed by atoms with E-state index in [1.165, 1.54) is 0 Å². The van der Waals surface area contributed by atoms with Crippen LogP contribution in [0.3, 0.4) is 0 Å². The van der Waals surface area contributed by atoms with Crippen LogP contribution in [0.15, 0.2) is 35.3 Å². The van der Waals surface area contributed by atoms with Crippen molar-refractivity contribution in [3.63, 3.8) is 0 Å². The van der Waals surface area contributed by atoms with E-state index in [1.54, 1.807) is 4.90 Å². The Balaban J connectivity index is 0.00000289. The van der Waals surface area contributed by atoms with Gasteiger partial charge in [0.2, 0.25) is 11.8 Å². The molecule has 0 aliphatic carbocycles. The zero-order valence-corrected chi connectivity index (χ0v) is 20.9. The van der Waals surface area contributed by atoms with Crippen molar-refractivity contribution in [3.05, 3.63) is 35.9 Å². The molecule has 2 heterocycles. The number of amides is 2. The monoisotopic (exact) mass is 514 g/mol. The van der Waals surface area contributed by atoms with Gasteiger partial charge in [-0.3, -0.25) is 14.6 Å². The largest absolute Gasteiger partial charge is 0.370 e. The molecule has 34 heavy (non-hydrogen) atoms. The van der Waals surface area contributed by atoms with Crippen LogP contribution in [0.4, 0.5) is 0 Å². The minimum absolute atomic E-state index is 0. The molecule has 0 aromatic heterocycles. The first-order valence-corrected chi connectivity index (χ1v) is 11.4. The second-order valence-corrected chi connectivity index (χ2v) is 8.60. The third-order valence-corrected chi connectivity index (χ3v) is 6.32. The zero-order chi connectivity index (χ0) is 23.0. The summed E-state index contributed by atoms with van der Waals surface area (Å²) in [5, 5.41) is 6.16. The lowest BCUT2D eigenvalue weighted by Gasteiger charge is -2.39. The Morgan fingerprint density at radius 1 is 1.24 bits per heavy atom. The smallest absolute Gasteiger partial charge is 0.246 e. The summed E-state index contributed by atoms with van der Waals surface area (Å²) in [5.74, 6) is -0.301. The van der Waals surface area contributed by atoms with Gasteiger partial charge in [0.25, 0.3) is 0 Å². The molecule has 1 aromatic carbocycles. The van der Waals surface area contributed by atoms with Gasteiger partial charge in [-0.05, 0) is 50.6 Å². The van der Waals surface area contributed by atoms with Crippen LogP contribution in [0.1, 0.15) is 44.1 Å². The minimum Gasteiger partial charge on any atom is -0.370 e. The number of likely N-dealkylation sites (tertiary alicyclic amines) is 1. The quantitative estimate of drug-likeness (QED) is 0.158. The highest BCUT2D eigenvalue weighted by Gasteiger charge is 2.51. The van der Waals surface area contributed by atoms with Gasteiger partial charge < -0.3 is 31.8 Å². The standard InChI is InChI=1S/C23H34N6O3.2ClH/c24-22(25)27-13-4-9-18(16-30)28-21(32)23(15-17-7-2-1-3-8-17)11-6-14-29(23)20(31)19-10-5-12-26-19;;/h1-3,7-8,16,18-19,26H,4-6,9-15H2,(H,28,32)(H4,24,25,27);2*1H/t18-,19-,23+;;/m0../s1. The summed E-state index contributed by atoms with van der Waals surface area (Å²) in [6.45, 7) is 1.73. The van der Waals surface area contributed by atoms with Crippen molar-refractivity contribution in [1.29, 1.82) is 0 Å². The van der Waals surface area contributed by atoms with Gasteiger partial charge in [0.05, 0.1) is 12.1 Å². The van der Waals surface area contributed by atoms with E-state index in [4.69, 9.17) is 11.5 Å². The molecular weight excluding hydrogens is 479 g/mol. The zero-order valence-electron chi connectivity index (χ0n) is 19.3. The topological polar surface area (TPSA) is 143 Å². The fourth-order valence-corrected chi connectivity index (χ4v) is 4.71. The van der Waals surface area contributed by atoms with Crippen LogP contribution >= 0.6 is 24.8 Å². The summed E-state index contributed by atoms with van der Waals surface area (Å²) in [5.41, 5.74) is 10.6. The maximum Gasteiger partial charge on any atom is 0.246 e. The molecule has 11 heteroatoms. The number of guanidine groups is 1. The molecule has 2 amide bonds. The lowest BCUT2D eigenvalue weighted by molar-refractivity contribution is -0.146. The number of benzene rings is 1. The van der Waals surface area contributed by atoms with Crippen LogP contribution in [-0.2, 0) is 20.8 Å². The molecule has 0 unspecified atom stereocenters. The molecule has 0 bridgehead atoms. The maximum atomic E-state index is 13.7. The predicted octanol–water partition coefficient (Wildman–Crippen LogP) is 0.923. The van der Waals surface area contributed by atoms with Gasteiger partial charge in [0, 0.05) is 19.5 Å². The van der Waals surface area contributed by atoms with Crippen LogP contribution in [0.5, 0.6) is 0 Å². The van der Waals surface area contributed by atoms with Gasteiger partial charge in [0.1, 0.15) is 11.8 Å². The molecule has 0 spiro atoms. The Bertz CT molecular complexity index is 831. The Kier molecular flexibility index (Phi) is 12.3. The Labute approximate surface area is 213 Å². The van der Waals surface area contributed by atoms with Gasteiger partial charge in [-0.15, -0.1) is 24.8 Å². The second kappa shape index (κ2) is 14.1. The number of halogens is 2. The van der Waals surface area contributed by atoms with E-state index in [9.17, 15) is 14.4 Å². The number of carbonyl (C=O) groups is 3. The van der Waals surface area contributed by atoms with Crippen LogP contribution in [-0.4, -0.2) is 66.2 Å². The summed E-state index contributed by atoms with van der Waals surface area (Å²) in [4.78, 5) is 44.4. The van der Waals surface area contributed by atoms with Crippen molar-refractivity contribution in [2.45, 2.75) is 62.6 Å². The number of rotatable bonds is 10. The Morgan fingerprint density at radius 3 is 2.59 bits per heavy atom. The summed E-state index contributed by atoms with van der Waals surface area (Å²) in [6, 6.07) is 8.81. The molecule has 1 aromatic rings. The van der Waals surface area contributed by atoms with Crippen LogP contribution in [0.25, 0.3) is 0 Å². The van der Waals surface area contributed by atoms with Crippen molar-refractivity contribution in [2.24, 2.45) is 16.5 Å². The number of aliphatic imine (C=N–C) groups is 1. The SMILES string of the molecule is Cl.Cl.NC(N)=NCCC[C@@H](C=O)NC(=O)[C@]1(Cc2ccccc2)CCCN1C(=O)[C@@H]1CCCN1. The highest BCUT2D eigenvalue weighted by atomic mass is 35.5. The Morgan fingerprint density at radius 2 is 1.97 bits per heavy atom. The van der Waals surface area contributed by atoms with E-state index in [0.717, 1.165) is 37.7 Å². The first-order valence-electron chi connectivity index (χ1n) is 11.4. The third kappa shape index (κ3) is 7.32. The lowest BCUT2D eigenvalue weighted by atomic mass is 9.86. The second-order valence-electron chi connectivity index (χ2n) is 8.60. The van der Waals surface area contributed by atoms with E-state index in [0.29, 0.717) is 38.8 Å². The number of hydrogen-bond acceptors (Lipinski definition) is 5. The van der Waals surface area contributed by atoms with E-state index in [2.05, 4.69) is 15.6 Å². The maximum absolute atomic E-state index is 13.7. The normalized spacial score (nSPS) is 22.1. The van der Waals surface area contributed by atoms with Crippen LogP contribution in [0.2, 0.25) is 0 Å². The van der Waals surface area contributed by atoms with E-state index in [1.807, 2.05) is 30.3 Å². The van der Waals surface area contributed by atoms with E-state index < -0.39 is 11.6 Å². The van der Waals surface area contributed by atoms with Gasteiger partial charge in [-0.25, -0.2) is 0 Å². The first-order chi connectivity index (χ1) is 15.5. The molecule has 6 N–H and O–H groups in total. The fourth-order valence-electron chi connectivity index (χ4n) is 4.71. The first kappa shape index (κ1) is 29.7. The third-order valence-electron chi connectivity index (χ3n) is 6.32. The van der Waals surface area contributed by atoms with E-state index >= 15 is 0 Å². The average Bonchev–Trinajstić information content (AvgIpc) is 3.47. The number of nitrogens with zero attached hydrogens (tertiary/aromatic N) is 2. The van der Waals surface area contributed by atoms with Gasteiger partial charge in [-0.1, -0.05) is 30.3 Å². The highest BCUT2D eigenvalue weighted by molar-refractivity contribution is 5.95. The van der Waals surface area contributed by atoms with Crippen LogP contribution in [0, 0.1) is 0 Å². The summed E-state index contributed by atoms with van der Waals surface area (Å²) in [7, 11) is 0. The molecule has 2 fully saturated rings. The minimum atomic E-state index is -1.01. The van der Waals surface area contributed by atoms with E-state index in [-0.39, 0.29) is 48.6 Å². The lowest BCUT2D eigenvalue weighted by Crippen LogP contribution is -2.62. The molecular formula is C23H36Cl2N6O3. The van der Waals surface area contributed by atoms with Crippen molar-refractivity contribution in [2.75, 3.05) is 19.6 Å². The highest BCUT2D eigenvalue weighted by Crippen LogP contribution is 2.35. The van der Waals surface area contributed by atoms with Crippen LogP contribution < -0.4 is 22.1 Å². The van der Waals surface area contributed by atoms with Crippen molar-refractivity contribution in [3.8, 4) is 0 Å². The molecule has 9 nitrogen and oxygen atoms in total.